The van der Waals surface area contributed by atoms with Gasteiger partial charge in [0, 0.05) is 6.54 Å². The number of hydrogen-bond acceptors (Lipinski definition) is 3. The van der Waals surface area contributed by atoms with E-state index in [1.807, 2.05) is 6.92 Å². The van der Waals surface area contributed by atoms with Crippen LogP contribution in [-0.2, 0) is 4.79 Å². The lowest BCUT2D eigenvalue weighted by Gasteiger charge is -2.12. The molecule has 6 N–H and O–H groups in total. The number of nitrogens with two attached hydrogens (primary N) is 2. The van der Waals surface area contributed by atoms with Crippen molar-refractivity contribution in [2.75, 3.05) is 13.1 Å². The van der Waals surface area contributed by atoms with E-state index in [0.717, 1.165) is 6.42 Å². The summed E-state index contributed by atoms with van der Waals surface area (Å²) in [6, 6.07) is -0.501. The average molecular weight is 216 g/mol. The van der Waals surface area contributed by atoms with Gasteiger partial charge in [0.2, 0.25) is 0 Å². The normalized spacial score (nSPS) is 12.1. The Kier molecular flexibility index (Phi) is 7.35. The number of carboxylic acid groups (broad SMARTS) is 1. The molecular formula is C9H20N4O2. The van der Waals surface area contributed by atoms with Crippen LogP contribution in [-0.4, -0.2) is 36.2 Å². The molecule has 0 rings (SSSR count). The van der Waals surface area contributed by atoms with Crippen LogP contribution >= 0.6 is 0 Å². The largest absolute Gasteiger partial charge is 0.480 e. The molecule has 0 aliphatic carbocycles. The van der Waals surface area contributed by atoms with E-state index >= 15 is 0 Å². The van der Waals surface area contributed by atoms with Crippen LogP contribution in [0.5, 0.6) is 0 Å². The van der Waals surface area contributed by atoms with Crippen LogP contribution < -0.4 is 16.8 Å². The molecule has 0 radical (unpaired) electrons. The minimum Gasteiger partial charge on any atom is -0.480 e. The van der Waals surface area contributed by atoms with Gasteiger partial charge in [-0.05, 0) is 25.8 Å². The van der Waals surface area contributed by atoms with Crippen molar-refractivity contribution in [2.45, 2.75) is 32.2 Å². The Morgan fingerprint density at radius 1 is 1.53 bits per heavy atom. The molecular weight excluding hydrogens is 196 g/mol. The molecule has 0 bridgehead atoms. The van der Waals surface area contributed by atoms with Gasteiger partial charge in [-0.3, -0.25) is 9.79 Å². The third-order valence-corrected chi connectivity index (χ3v) is 1.88. The summed E-state index contributed by atoms with van der Waals surface area (Å²) in [7, 11) is 0. The second-order valence-electron chi connectivity index (χ2n) is 3.29. The Morgan fingerprint density at radius 2 is 2.20 bits per heavy atom. The molecule has 0 aliphatic heterocycles. The van der Waals surface area contributed by atoms with Crippen LogP contribution in [0.25, 0.3) is 0 Å². The summed E-state index contributed by atoms with van der Waals surface area (Å²) in [6.07, 6.45) is 2.11. The molecule has 0 unspecified atom stereocenters. The van der Waals surface area contributed by atoms with Gasteiger partial charge in [0.1, 0.15) is 6.04 Å². The Balaban J connectivity index is 3.76. The summed E-state index contributed by atoms with van der Waals surface area (Å²) >= 11 is 0. The van der Waals surface area contributed by atoms with E-state index in [1.165, 1.54) is 0 Å². The molecule has 6 heteroatoms. The zero-order valence-corrected chi connectivity index (χ0v) is 9.07. The van der Waals surface area contributed by atoms with E-state index in [-0.39, 0.29) is 5.96 Å². The fourth-order valence-electron chi connectivity index (χ4n) is 1.13. The predicted octanol–water partition coefficient (Wildman–Crippen LogP) is -0.507. The number of carbonyl (C=O) groups is 1. The number of nitrogens with one attached hydrogen (secondary N) is 1. The lowest BCUT2D eigenvalue weighted by Crippen LogP contribution is -2.37. The van der Waals surface area contributed by atoms with E-state index < -0.39 is 12.0 Å². The molecule has 88 valence electrons. The monoisotopic (exact) mass is 216 g/mol. The van der Waals surface area contributed by atoms with Crippen LogP contribution in [0, 0.1) is 0 Å². The first kappa shape index (κ1) is 13.7. The number of rotatable bonds is 8. The Bertz CT molecular complexity index is 214. The molecule has 0 fully saturated rings. The van der Waals surface area contributed by atoms with E-state index in [4.69, 9.17) is 16.6 Å². The van der Waals surface area contributed by atoms with Gasteiger partial charge in [0.05, 0.1) is 0 Å². The van der Waals surface area contributed by atoms with Crippen molar-refractivity contribution in [3.05, 3.63) is 0 Å². The Morgan fingerprint density at radius 3 is 2.67 bits per heavy atom. The van der Waals surface area contributed by atoms with Crippen LogP contribution in [0.4, 0.5) is 0 Å². The molecule has 0 aromatic rings. The first-order chi connectivity index (χ1) is 7.07. The molecule has 15 heavy (non-hydrogen) atoms. The number of nitrogens with zero attached hydrogens (tertiary/aromatic N) is 1. The molecule has 0 aromatic carbocycles. The zero-order chi connectivity index (χ0) is 11.7. The highest BCUT2D eigenvalue weighted by atomic mass is 16.4. The van der Waals surface area contributed by atoms with Crippen molar-refractivity contribution in [1.82, 2.24) is 5.32 Å². The van der Waals surface area contributed by atoms with Crippen LogP contribution in [0.3, 0.4) is 0 Å². The highest BCUT2D eigenvalue weighted by molar-refractivity contribution is 5.75. The second kappa shape index (κ2) is 8.05. The molecule has 0 aliphatic rings. The molecule has 0 spiro atoms. The standard InChI is InChI=1S/C9H20N4O2/c1-2-5-12-7(8(14)15)4-3-6-13-9(10)11/h7,12H,2-6H2,1H3,(H,14,15)(H4,10,11,13)/t7-/m0/s1. The van der Waals surface area contributed by atoms with Gasteiger partial charge in [0.25, 0.3) is 0 Å². The van der Waals surface area contributed by atoms with Crippen molar-refractivity contribution in [3.8, 4) is 0 Å². The van der Waals surface area contributed by atoms with Crippen LogP contribution in [0.15, 0.2) is 4.99 Å². The SMILES string of the molecule is CCCN[C@@H](CCCN=C(N)N)C(=O)O. The lowest BCUT2D eigenvalue weighted by atomic mass is 10.1. The molecule has 0 heterocycles. The molecule has 0 amide bonds. The van der Waals surface area contributed by atoms with E-state index in [2.05, 4.69) is 10.3 Å². The van der Waals surface area contributed by atoms with Gasteiger partial charge in [-0.25, -0.2) is 0 Å². The van der Waals surface area contributed by atoms with Gasteiger partial charge < -0.3 is 21.9 Å². The van der Waals surface area contributed by atoms with Crippen molar-refractivity contribution < 1.29 is 9.90 Å². The maximum absolute atomic E-state index is 10.8. The highest BCUT2D eigenvalue weighted by Gasteiger charge is 2.14. The summed E-state index contributed by atoms with van der Waals surface area (Å²) in [6.45, 7) is 3.17. The molecule has 0 saturated carbocycles. The molecule has 6 nitrogen and oxygen atoms in total. The topological polar surface area (TPSA) is 114 Å². The fraction of sp³-hybridized carbons (Fsp3) is 0.778. The summed E-state index contributed by atoms with van der Waals surface area (Å²) in [4.78, 5) is 14.6. The Labute approximate surface area is 89.7 Å². The Hall–Kier alpha value is -1.30. The smallest absolute Gasteiger partial charge is 0.320 e. The number of carboxylic acids is 1. The van der Waals surface area contributed by atoms with Crippen molar-refractivity contribution in [3.63, 3.8) is 0 Å². The first-order valence-electron chi connectivity index (χ1n) is 5.09. The van der Waals surface area contributed by atoms with E-state index in [9.17, 15) is 4.79 Å². The van der Waals surface area contributed by atoms with Crippen LogP contribution in [0.2, 0.25) is 0 Å². The third kappa shape index (κ3) is 7.75. The maximum Gasteiger partial charge on any atom is 0.320 e. The molecule has 1 atom stereocenters. The average Bonchev–Trinajstić information content (AvgIpc) is 2.15. The maximum atomic E-state index is 10.8. The zero-order valence-electron chi connectivity index (χ0n) is 9.07. The lowest BCUT2D eigenvalue weighted by molar-refractivity contribution is -0.139. The summed E-state index contributed by atoms with van der Waals surface area (Å²) < 4.78 is 0. The van der Waals surface area contributed by atoms with Gasteiger partial charge >= 0.3 is 5.97 Å². The van der Waals surface area contributed by atoms with Crippen molar-refractivity contribution in [2.24, 2.45) is 16.5 Å². The molecule has 0 saturated heterocycles. The van der Waals surface area contributed by atoms with E-state index in [0.29, 0.717) is 25.9 Å². The second-order valence-corrected chi connectivity index (χ2v) is 3.29. The number of guanidine groups is 1. The summed E-state index contributed by atoms with van der Waals surface area (Å²) in [5, 5.41) is 11.8. The summed E-state index contributed by atoms with van der Waals surface area (Å²) in [5.41, 5.74) is 10.3. The predicted molar refractivity (Wildman–Crippen MR) is 59.6 cm³/mol. The van der Waals surface area contributed by atoms with Gasteiger partial charge in [0.15, 0.2) is 5.96 Å². The van der Waals surface area contributed by atoms with Crippen molar-refractivity contribution in [1.29, 1.82) is 0 Å². The van der Waals surface area contributed by atoms with E-state index in [1.54, 1.807) is 0 Å². The highest BCUT2D eigenvalue weighted by Crippen LogP contribution is 1.98. The van der Waals surface area contributed by atoms with Crippen LogP contribution in [0.1, 0.15) is 26.2 Å². The summed E-state index contributed by atoms with van der Waals surface area (Å²) in [5.74, 6) is -0.781. The number of hydrogen-bond donors (Lipinski definition) is 4. The van der Waals surface area contributed by atoms with Gasteiger partial charge in [-0.15, -0.1) is 0 Å². The van der Waals surface area contributed by atoms with Crippen molar-refractivity contribution >= 4 is 11.9 Å². The third-order valence-electron chi connectivity index (χ3n) is 1.88. The number of aliphatic imine (C=N–C) groups is 1. The van der Waals surface area contributed by atoms with Gasteiger partial charge in [-0.1, -0.05) is 6.92 Å². The minimum atomic E-state index is -0.826. The molecule has 0 aromatic heterocycles. The fourth-order valence-corrected chi connectivity index (χ4v) is 1.13. The quantitative estimate of drug-likeness (QED) is 0.248. The van der Waals surface area contributed by atoms with Gasteiger partial charge in [-0.2, -0.15) is 0 Å². The number of aliphatic carboxylic acids is 1. The minimum absolute atomic E-state index is 0.0448. The first-order valence-corrected chi connectivity index (χ1v) is 5.09.